The van der Waals surface area contributed by atoms with Crippen LogP contribution >= 0.6 is 0 Å². The molecule has 2 heterocycles. The molecule has 3 aromatic rings. The summed E-state index contributed by atoms with van der Waals surface area (Å²) in [5, 5.41) is 2.85. The molecule has 1 aliphatic rings. The quantitative estimate of drug-likeness (QED) is 0.777. The number of nitrogens with zero attached hydrogens (tertiary/aromatic N) is 2. The van der Waals surface area contributed by atoms with Crippen molar-refractivity contribution >= 4 is 17.5 Å². The van der Waals surface area contributed by atoms with E-state index in [1.165, 1.54) is 4.90 Å². The van der Waals surface area contributed by atoms with E-state index >= 15 is 0 Å². The molecule has 4 rings (SSSR count). The van der Waals surface area contributed by atoms with Gasteiger partial charge in [-0.25, -0.2) is 4.98 Å². The Morgan fingerprint density at radius 2 is 1.78 bits per heavy atom. The highest BCUT2D eigenvalue weighted by Crippen LogP contribution is 2.36. The number of ether oxygens (including phenoxy) is 1. The van der Waals surface area contributed by atoms with Gasteiger partial charge in [-0.1, -0.05) is 42.5 Å². The number of anilines is 1. The fraction of sp³-hybridized carbons (Fsp3) is 0.0952. The number of aromatic nitrogens is 1. The van der Waals surface area contributed by atoms with Crippen LogP contribution in [0.1, 0.15) is 15.9 Å². The second-order valence-electron chi connectivity index (χ2n) is 6.08. The van der Waals surface area contributed by atoms with E-state index in [1.54, 1.807) is 42.6 Å². The number of fused-ring (bicyclic) bond motifs is 2. The van der Waals surface area contributed by atoms with Crippen LogP contribution in [-0.2, 0) is 11.3 Å². The van der Waals surface area contributed by atoms with Crippen molar-refractivity contribution in [2.45, 2.75) is 6.54 Å². The SMILES string of the molecule is O=C(CN1C(=O)c2ccccc2Oc2ncccc21)NCc1ccccc1. The lowest BCUT2D eigenvalue weighted by Gasteiger charge is -2.21. The van der Waals surface area contributed by atoms with Crippen LogP contribution in [0, 0.1) is 0 Å². The minimum Gasteiger partial charge on any atom is -0.436 e. The van der Waals surface area contributed by atoms with Crippen molar-refractivity contribution in [1.82, 2.24) is 10.3 Å². The molecule has 0 fully saturated rings. The molecule has 0 saturated heterocycles. The number of amides is 2. The average molecular weight is 359 g/mol. The first-order chi connectivity index (χ1) is 13.2. The average Bonchev–Trinajstić information content (AvgIpc) is 2.82. The number of hydrogen-bond donors (Lipinski definition) is 1. The van der Waals surface area contributed by atoms with Gasteiger partial charge in [-0.15, -0.1) is 0 Å². The molecule has 0 unspecified atom stereocenters. The summed E-state index contributed by atoms with van der Waals surface area (Å²) in [6, 6.07) is 20.0. The van der Waals surface area contributed by atoms with E-state index in [-0.39, 0.29) is 18.4 Å². The second-order valence-corrected chi connectivity index (χ2v) is 6.08. The maximum Gasteiger partial charge on any atom is 0.262 e. The van der Waals surface area contributed by atoms with Crippen molar-refractivity contribution in [1.29, 1.82) is 0 Å². The van der Waals surface area contributed by atoms with E-state index in [2.05, 4.69) is 10.3 Å². The van der Waals surface area contributed by atoms with Crippen LogP contribution in [0.3, 0.4) is 0 Å². The second kappa shape index (κ2) is 7.29. The zero-order valence-electron chi connectivity index (χ0n) is 14.5. The first kappa shape index (κ1) is 16.8. The Bertz CT molecular complexity index is 989. The van der Waals surface area contributed by atoms with Crippen LogP contribution in [0.2, 0.25) is 0 Å². The molecule has 1 aromatic heterocycles. The predicted octanol–water partition coefficient (Wildman–Crippen LogP) is 3.15. The summed E-state index contributed by atoms with van der Waals surface area (Å²) < 4.78 is 5.81. The zero-order chi connectivity index (χ0) is 18.6. The van der Waals surface area contributed by atoms with E-state index in [1.807, 2.05) is 30.3 Å². The third-order valence-electron chi connectivity index (χ3n) is 4.25. The number of pyridine rings is 1. The van der Waals surface area contributed by atoms with Crippen molar-refractivity contribution in [3.63, 3.8) is 0 Å². The van der Waals surface area contributed by atoms with E-state index in [4.69, 9.17) is 4.74 Å². The monoisotopic (exact) mass is 359 g/mol. The summed E-state index contributed by atoms with van der Waals surface area (Å²) in [6.07, 6.45) is 1.59. The van der Waals surface area contributed by atoms with Gasteiger partial charge in [0.15, 0.2) is 0 Å². The molecule has 1 N–H and O–H groups in total. The maximum absolute atomic E-state index is 13.0. The van der Waals surface area contributed by atoms with Crippen LogP contribution in [0.25, 0.3) is 0 Å². The molecule has 2 aromatic carbocycles. The van der Waals surface area contributed by atoms with Crippen molar-refractivity contribution in [3.05, 3.63) is 84.1 Å². The Morgan fingerprint density at radius 3 is 2.63 bits per heavy atom. The van der Waals surface area contributed by atoms with Crippen LogP contribution in [0.4, 0.5) is 5.69 Å². The number of nitrogens with one attached hydrogen (secondary N) is 1. The van der Waals surface area contributed by atoms with Crippen molar-refractivity contribution in [2.75, 3.05) is 11.4 Å². The molecule has 1 aliphatic heterocycles. The van der Waals surface area contributed by atoms with Gasteiger partial charge in [-0.05, 0) is 29.8 Å². The van der Waals surface area contributed by atoms with E-state index in [9.17, 15) is 9.59 Å². The van der Waals surface area contributed by atoms with Gasteiger partial charge in [-0.2, -0.15) is 0 Å². The van der Waals surface area contributed by atoms with Crippen molar-refractivity contribution in [3.8, 4) is 11.6 Å². The maximum atomic E-state index is 13.0. The highest BCUT2D eigenvalue weighted by atomic mass is 16.5. The van der Waals surface area contributed by atoms with Crippen LogP contribution in [0.5, 0.6) is 11.6 Å². The van der Waals surface area contributed by atoms with Gasteiger partial charge in [0, 0.05) is 12.7 Å². The lowest BCUT2D eigenvalue weighted by molar-refractivity contribution is -0.119. The van der Waals surface area contributed by atoms with E-state index in [0.29, 0.717) is 29.4 Å². The molecule has 27 heavy (non-hydrogen) atoms. The molecule has 0 aliphatic carbocycles. The topological polar surface area (TPSA) is 71.5 Å². The smallest absolute Gasteiger partial charge is 0.262 e. The molecule has 6 heteroatoms. The molecule has 2 amide bonds. The summed E-state index contributed by atoms with van der Waals surface area (Å²) in [4.78, 5) is 31.2. The van der Waals surface area contributed by atoms with Crippen LogP contribution < -0.4 is 15.0 Å². The largest absolute Gasteiger partial charge is 0.436 e. The molecule has 0 saturated carbocycles. The van der Waals surface area contributed by atoms with Gasteiger partial charge in [-0.3, -0.25) is 14.5 Å². The minimum atomic E-state index is -0.299. The molecular weight excluding hydrogens is 342 g/mol. The van der Waals surface area contributed by atoms with Crippen molar-refractivity contribution < 1.29 is 14.3 Å². The first-order valence-corrected chi connectivity index (χ1v) is 8.57. The molecule has 0 bridgehead atoms. The van der Waals surface area contributed by atoms with Gasteiger partial charge in [0.25, 0.3) is 5.91 Å². The minimum absolute atomic E-state index is 0.123. The Balaban J connectivity index is 1.59. The Labute approximate surface area is 156 Å². The van der Waals surface area contributed by atoms with Crippen LogP contribution in [0.15, 0.2) is 72.9 Å². The van der Waals surface area contributed by atoms with Gasteiger partial charge in [0.2, 0.25) is 11.8 Å². The zero-order valence-corrected chi connectivity index (χ0v) is 14.5. The third-order valence-corrected chi connectivity index (χ3v) is 4.25. The normalized spacial score (nSPS) is 12.4. The Hall–Kier alpha value is -3.67. The summed E-state index contributed by atoms with van der Waals surface area (Å²) in [6.45, 7) is 0.275. The number of hydrogen-bond acceptors (Lipinski definition) is 4. The molecule has 0 spiro atoms. The lowest BCUT2D eigenvalue weighted by atomic mass is 10.1. The van der Waals surface area contributed by atoms with E-state index in [0.717, 1.165) is 5.56 Å². The highest BCUT2D eigenvalue weighted by molar-refractivity contribution is 6.11. The third kappa shape index (κ3) is 3.50. The number of carbonyl (C=O) groups excluding carboxylic acids is 2. The Morgan fingerprint density at radius 1 is 1.00 bits per heavy atom. The summed E-state index contributed by atoms with van der Waals surface area (Å²) in [7, 11) is 0. The fourth-order valence-corrected chi connectivity index (χ4v) is 2.91. The number of benzene rings is 2. The van der Waals surface area contributed by atoms with Crippen LogP contribution in [-0.4, -0.2) is 23.3 Å². The number of rotatable bonds is 4. The number of carbonyl (C=O) groups is 2. The molecule has 0 atom stereocenters. The molecule has 0 radical (unpaired) electrons. The standard InChI is InChI=1S/C21H17N3O3/c25-19(23-13-15-7-2-1-3-8-15)14-24-17-10-6-12-22-20(17)27-18-11-5-4-9-16(18)21(24)26/h1-12H,13-14H2,(H,23,25). The Kier molecular flexibility index (Phi) is 4.53. The molecule has 134 valence electrons. The van der Waals surface area contributed by atoms with E-state index < -0.39 is 0 Å². The van der Waals surface area contributed by atoms with Gasteiger partial charge in [0.05, 0.1) is 5.56 Å². The number of para-hydroxylation sites is 1. The fourth-order valence-electron chi connectivity index (χ4n) is 2.91. The lowest BCUT2D eigenvalue weighted by Crippen LogP contribution is -2.40. The molecule has 6 nitrogen and oxygen atoms in total. The van der Waals surface area contributed by atoms with Gasteiger partial charge < -0.3 is 10.1 Å². The molecular formula is C21H17N3O3. The predicted molar refractivity (Wildman–Crippen MR) is 101 cm³/mol. The van der Waals surface area contributed by atoms with Gasteiger partial charge >= 0.3 is 0 Å². The highest BCUT2D eigenvalue weighted by Gasteiger charge is 2.29. The summed E-state index contributed by atoms with van der Waals surface area (Å²) in [5.74, 6) is 0.162. The summed E-state index contributed by atoms with van der Waals surface area (Å²) in [5.41, 5.74) is 1.85. The first-order valence-electron chi connectivity index (χ1n) is 8.57. The van der Waals surface area contributed by atoms with Crippen molar-refractivity contribution in [2.24, 2.45) is 0 Å². The summed E-state index contributed by atoms with van der Waals surface area (Å²) >= 11 is 0. The van der Waals surface area contributed by atoms with Gasteiger partial charge in [0.1, 0.15) is 18.0 Å².